The van der Waals surface area contributed by atoms with Crippen molar-refractivity contribution in [2.45, 2.75) is 241 Å². The van der Waals surface area contributed by atoms with E-state index in [9.17, 15) is 9.59 Å². The summed E-state index contributed by atoms with van der Waals surface area (Å²) in [6.45, 7) is 16.9. The van der Waals surface area contributed by atoms with Crippen LogP contribution in [0.3, 0.4) is 0 Å². The van der Waals surface area contributed by atoms with Gasteiger partial charge in [0.1, 0.15) is 0 Å². The van der Waals surface area contributed by atoms with E-state index in [4.69, 9.17) is 15.3 Å². The number of unbranched alkanes of at least 4 members (excludes halogenated alkanes) is 22. The Morgan fingerprint density at radius 3 is 0.723 bits per heavy atom. The number of hydrogen-bond acceptors (Lipinski definition) is 3. The summed E-state index contributed by atoms with van der Waals surface area (Å²) in [6.07, 6.45) is 34.6. The van der Waals surface area contributed by atoms with Crippen molar-refractivity contribution in [3.8, 4) is 0 Å². The highest BCUT2D eigenvalue weighted by molar-refractivity contribution is 5.66. The van der Waals surface area contributed by atoms with Gasteiger partial charge in [0.2, 0.25) is 0 Å². The lowest BCUT2D eigenvalue weighted by Gasteiger charge is -2.21. The van der Waals surface area contributed by atoms with Crippen LogP contribution in [0, 0.1) is 17.8 Å². The van der Waals surface area contributed by atoms with E-state index in [1.54, 1.807) is 0 Å². The van der Waals surface area contributed by atoms with Crippen LogP contribution in [0.2, 0.25) is 0 Å². The maximum absolute atomic E-state index is 10.3. The topological polar surface area (TPSA) is 94.8 Å². The third-order valence-corrected chi connectivity index (χ3v) is 9.26. The summed E-state index contributed by atoms with van der Waals surface area (Å²) < 4.78 is 0. The molecule has 5 nitrogen and oxygen atoms in total. The fraction of sp³-hybridized carbons (Fsp3) is 0.952. The van der Waals surface area contributed by atoms with Gasteiger partial charge in [-0.1, -0.05) is 196 Å². The number of carboxylic acid groups (broad SMARTS) is 2. The molecule has 0 aliphatic heterocycles. The number of carboxylic acids is 2. The molecule has 0 atom stereocenters. The van der Waals surface area contributed by atoms with Crippen LogP contribution in [-0.4, -0.2) is 32.9 Å². The van der Waals surface area contributed by atoms with E-state index < -0.39 is 17.5 Å². The molecule has 0 radical (unpaired) electrons. The smallest absolute Gasteiger partial charge is 0.303 e. The molecule has 0 aromatic heterocycles. The van der Waals surface area contributed by atoms with Gasteiger partial charge < -0.3 is 15.3 Å². The number of aliphatic carboxylic acids is 2. The first-order valence-corrected chi connectivity index (χ1v) is 20.4. The third-order valence-electron chi connectivity index (χ3n) is 9.26. The zero-order valence-electron chi connectivity index (χ0n) is 33.2. The molecule has 0 saturated carbocycles. The van der Waals surface area contributed by atoms with Crippen molar-refractivity contribution in [1.29, 1.82) is 0 Å². The Morgan fingerprint density at radius 1 is 0.404 bits per heavy atom. The largest absolute Gasteiger partial charge is 0.481 e. The number of carbonyl (C=O) groups is 2. The summed E-state index contributed by atoms with van der Waals surface area (Å²) in [6, 6.07) is 0. The SMILES string of the molecule is CC(C)C(C)(C)O.CC(C)CCCCCCCCCCCCCCC(=O)O.CC(C)CCCCCCCCCCCCCCC(=O)O. The van der Waals surface area contributed by atoms with E-state index in [0.29, 0.717) is 18.8 Å². The van der Waals surface area contributed by atoms with Crippen LogP contribution in [0.15, 0.2) is 0 Å². The summed E-state index contributed by atoms with van der Waals surface area (Å²) in [5.74, 6) is 0.778. The summed E-state index contributed by atoms with van der Waals surface area (Å²) >= 11 is 0. The van der Waals surface area contributed by atoms with Gasteiger partial charge in [-0.25, -0.2) is 0 Å². The quantitative estimate of drug-likeness (QED) is 0.0638. The molecular weight excluding hydrogens is 584 g/mol. The predicted molar refractivity (Wildman–Crippen MR) is 205 cm³/mol. The van der Waals surface area contributed by atoms with Crippen LogP contribution in [0.5, 0.6) is 0 Å². The maximum atomic E-state index is 10.3. The van der Waals surface area contributed by atoms with Gasteiger partial charge in [0.15, 0.2) is 0 Å². The summed E-state index contributed by atoms with van der Waals surface area (Å²) in [5, 5.41) is 26.1. The molecule has 0 aromatic carbocycles. The summed E-state index contributed by atoms with van der Waals surface area (Å²) in [5.41, 5.74) is -0.500. The van der Waals surface area contributed by atoms with E-state index in [0.717, 1.165) is 37.5 Å². The molecule has 5 heteroatoms. The van der Waals surface area contributed by atoms with Gasteiger partial charge in [0.05, 0.1) is 5.60 Å². The van der Waals surface area contributed by atoms with Crippen LogP contribution < -0.4 is 0 Å². The normalized spacial score (nSPS) is 11.4. The van der Waals surface area contributed by atoms with Gasteiger partial charge in [-0.3, -0.25) is 9.59 Å². The van der Waals surface area contributed by atoms with E-state index in [1.807, 2.05) is 27.7 Å². The Labute approximate surface area is 294 Å². The van der Waals surface area contributed by atoms with Crippen molar-refractivity contribution >= 4 is 11.9 Å². The average molecular weight is 671 g/mol. The van der Waals surface area contributed by atoms with Crippen LogP contribution in [0.1, 0.15) is 235 Å². The first-order chi connectivity index (χ1) is 22.2. The molecule has 0 amide bonds. The monoisotopic (exact) mass is 671 g/mol. The number of aliphatic hydroxyl groups is 1. The van der Waals surface area contributed by atoms with Gasteiger partial charge in [-0.2, -0.15) is 0 Å². The molecular formula is C42H86O5. The first kappa shape index (κ1) is 50.3. The zero-order valence-corrected chi connectivity index (χ0v) is 33.2. The van der Waals surface area contributed by atoms with Gasteiger partial charge >= 0.3 is 11.9 Å². The maximum Gasteiger partial charge on any atom is 0.303 e. The molecule has 0 spiro atoms. The molecule has 284 valence electrons. The molecule has 0 bridgehead atoms. The molecule has 0 aliphatic rings. The molecule has 0 aliphatic carbocycles. The van der Waals surface area contributed by atoms with Crippen molar-refractivity contribution in [3.63, 3.8) is 0 Å². The summed E-state index contributed by atoms with van der Waals surface area (Å²) in [4.78, 5) is 20.7. The van der Waals surface area contributed by atoms with Crippen LogP contribution in [-0.2, 0) is 9.59 Å². The predicted octanol–water partition coefficient (Wildman–Crippen LogP) is 13.8. The van der Waals surface area contributed by atoms with Gasteiger partial charge in [-0.15, -0.1) is 0 Å². The van der Waals surface area contributed by atoms with Gasteiger partial charge in [-0.05, 0) is 44.4 Å². The van der Waals surface area contributed by atoms with Crippen molar-refractivity contribution in [3.05, 3.63) is 0 Å². The fourth-order valence-electron chi connectivity index (χ4n) is 5.19. The minimum Gasteiger partial charge on any atom is -0.481 e. The van der Waals surface area contributed by atoms with Crippen LogP contribution in [0.4, 0.5) is 0 Å². The van der Waals surface area contributed by atoms with E-state index in [2.05, 4.69) is 27.7 Å². The number of hydrogen-bond donors (Lipinski definition) is 3. The Morgan fingerprint density at radius 2 is 0.574 bits per heavy atom. The third kappa shape index (κ3) is 54.6. The lowest BCUT2D eigenvalue weighted by atomic mass is 9.95. The Hall–Kier alpha value is -1.10. The van der Waals surface area contributed by atoms with Gasteiger partial charge in [0.25, 0.3) is 0 Å². The molecule has 0 unspecified atom stereocenters. The second-order valence-corrected chi connectivity index (χ2v) is 15.9. The fourth-order valence-corrected chi connectivity index (χ4v) is 5.19. The second-order valence-electron chi connectivity index (χ2n) is 15.9. The lowest BCUT2D eigenvalue weighted by molar-refractivity contribution is -0.138. The molecule has 47 heavy (non-hydrogen) atoms. The number of rotatable bonds is 31. The molecule has 0 aromatic rings. The van der Waals surface area contributed by atoms with E-state index >= 15 is 0 Å². The zero-order chi connectivity index (χ0) is 36.2. The highest BCUT2D eigenvalue weighted by atomic mass is 16.4. The van der Waals surface area contributed by atoms with Crippen LogP contribution in [0.25, 0.3) is 0 Å². The van der Waals surface area contributed by atoms with Crippen molar-refractivity contribution in [1.82, 2.24) is 0 Å². The first-order valence-electron chi connectivity index (χ1n) is 20.4. The molecule has 0 fully saturated rings. The summed E-state index contributed by atoms with van der Waals surface area (Å²) in [7, 11) is 0. The lowest BCUT2D eigenvalue weighted by Crippen LogP contribution is -2.25. The molecule has 3 N–H and O–H groups in total. The second kappa shape index (κ2) is 37.7. The van der Waals surface area contributed by atoms with Crippen molar-refractivity contribution in [2.24, 2.45) is 17.8 Å². The van der Waals surface area contributed by atoms with Crippen molar-refractivity contribution in [2.75, 3.05) is 0 Å². The van der Waals surface area contributed by atoms with E-state index in [-0.39, 0.29) is 0 Å². The van der Waals surface area contributed by atoms with E-state index in [1.165, 1.54) is 141 Å². The van der Waals surface area contributed by atoms with Crippen molar-refractivity contribution < 1.29 is 24.9 Å². The Bertz CT molecular complexity index is 589. The minimum absolute atomic E-state index is 0.344. The molecule has 0 heterocycles. The molecule has 0 rings (SSSR count). The minimum atomic E-state index is -0.654. The van der Waals surface area contributed by atoms with Crippen LogP contribution >= 0.6 is 0 Å². The highest BCUT2D eigenvalue weighted by Crippen LogP contribution is 2.16. The van der Waals surface area contributed by atoms with Gasteiger partial charge in [0, 0.05) is 12.8 Å². The Kier molecular flexibility index (Phi) is 40.3. The highest BCUT2D eigenvalue weighted by Gasteiger charge is 2.16. The molecule has 0 saturated heterocycles. The standard InChI is InChI=1S/2C18H36O2.C6H14O/c2*1-17(2)15-13-11-9-7-5-3-4-6-8-10-12-14-16-18(19)20;1-5(2)6(3,4)7/h2*17H,3-16H2,1-2H3,(H,19,20);5,7H,1-4H3. The Balaban J connectivity index is -0.000000685. The average Bonchev–Trinajstić information content (AvgIpc) is 2.97.